The molecule has 0 fully saturated rings. The Morgan fingerprint density at radius 3 is 2.31 bits per heavy atom. The number of hydrogen-bond donors (Lipinski definition) is 1. The number of alkyl halides is 7. The smallest absolute Gasteiger partial charge is 0.454 e. The van der Waals surface area contributed by atoms with Crippen molar-refractivity contribution in [3.63, 3.8) is 0 Å². The van der Waals surface area contributed by atoms with E-state index in [1.54, 1.807) is 0 Å². The van der Waals surface area contributed by atoms with Crippen LogP contribution in [0.2, 0.25) is 5.02 Å². The molecule has 194 valence electrons. The molecule has 2 aliphatic heterocycles. The molecular weight excluding hydrogens is 525 g/mol. The molecule has 0 saturated heterocycles. The fraction of sp³-hybridized carbons (Fsp3) is 0.364. The lowest BCUT2D eigenvalue weighted by atomic mass is 9.91. The predicted molar refractivity (Wildman–Crippen MR) is 111 cm³/mol. The first-order valence-corrected chi connectivity index (χ1v) is 10.6. The molecule has 2 heterocycles. The second kappa shape index (κ2) is 8.80. The normalized spacial score (nSPS) is 20.0. The van der Waals surface area contributed by atoms with E-state index in [1.807, 2.05) is 0 Å². The van der Waals surface area contributed by atoms with Gasteiger partial charge in [-0.3, -0.25) is 4.79 Å². The Morgan fingerprint density at radius 2 is 1.67 bits per heavy atom. The number of halogens is 8. The van der Waals surface area contributed by atoms with Crippen molar-refractivity contribution in [3.05, 3.63) is 58.6 Å². The third-order valence-corrected chi connectivity index (χ3v) is 5.97. The van der Waals surface area contributed by atoms with Gasteiger partial charge in [0.15, 0.2) is 11.5 Å². The highest BCUT2D eigenvalue weighted by Crippen LogP contribution is 2.54. The number of hydrazone groups is 1. The van der Waals surface area contributed by atoms with Gasteiger partial charge in [-0.1, -0.05) is 29.8 Å². The summed E-state index contributed by atoms with van der Waals surface area (Å²) in [6.45, 7) is -0.0385. The van der Waals surface area contributed by atoms with Crippen LogP contribution in [0.4, 0.5) is 30.7 Å². The molecule has 0 aliphatic carbocycles. The molecule has 0 radical (unpaired) electrons. The number of aliphatic hydroxyl groups is 1. The molecule has 1 atom stereocenters. The molecule has 6 nitrogen and oxygen atoms in total. The molecule has 0 aromatic heterocycles. The zero-order chi connectivity index (χ0) is 26.5. The molecule has 0 saturated carbocycles. The second-order valence-corrected chi connectivity index (χ2v) is 8.52. The Labute approximate surface area is 203 Å². The predicted octanol–water partition coefficient (Wildman–Crippen LogP) is 5.16. The number of ether oxygens (including phenoxy) is 2. The van der Waals surface area contributed by atoms with Crippen molar-refractivity contribution in [1.29, 1.82) is 0 Å². The highest BCUT2D eigenvalue weighted by atomic mass is 35.5. The molecule has 1 N–H and O–H groups in total. The van der Waals surface area contributed by atoms with Crippen molar-refractivity contribution in [2.24, 2.45) is 5.10 Å². The summed E-state index contributed by atoms with van der Waals surface area (Å²) < 4.78 is 107. The number of fused-ring (bicyclic) bond motifs is 1. The van der Waals surface area contributed by atoms with Gasteiger partial charge in [-0.15, -0.1) is 0 Å². The van der Waals surface area contributed by atoms with Gasteiger partial charge in [0.25, 0.3) is 0 Å². The summed E-state index contributed by atoms with van der Waals surface area (Å²) in [5.74, 6) is -13.5. The summed E-state index contributed by atoms with van der Waals surface area (Å²) in [5.41, 5.74) is -4.39. The number of benzene rings is 2. The van der Waals surface area contributed by atoms with Crippen molar-refractivity contribution in [2.75, 3.05) is 6.79 Å². The van der Waals surface area contributed by atoms with Gasteiger partial charge in [-0.2, -0.15) is 40.8 Å². The quantitative estimate of drug-likeness (QED) is 0.514. The van der Waals surface area contributed by atoms with E-state index in [-0.39, 0.29) is 28.8 Å². The van der Waals surface area contributed by atoms with Crippen LogP contribution in [0, 0.1) is 0 Å². The zero-order valence-electron chi connectivity index (χ0n) is 18.0. The first-order chi connectivity index (χ1) is 16.7. The molecule has 2 aromatic rings. The third-order valence-electron chi connectivity index (χ3n) is 5.72. The number of rotatable bonds is 6. The average Bonchev–Trinajstić information content (AvgIpc) is 3.42. The van der Waals surface area contributed by atoms with Crippen LogP contribution in [0.5, 0.6) is 11.5 Å². The van der Waals surface area contributed by atoms with Crippen LogP contribution in [-0.2, 0) is 11.2 Å². The number of nitrogens with zero attached hydrogens (tertiary/aromatic N) is 2. The average molecular weight is 541 g/mol. The van der Waals surface area contributed by atoms with Gasteiger partial charge in [0.05, 0.1) is 5.71 Å². The third kappa shape index (κ3) is 4.23. The summed E-state index contributed by atoms with van der Waals surface area (Å²) in [4.78, 5) is 12.8. The van der Waals surface area contributed by atoms with Gasteiger partial charge in [0.2, 0.25) is 18.4 Å². The Morgan fingerprint density at radius 1 is 1.03 bits per heavy atom. The summed E-state index contributed by atoms with van der Waals surface area (Å²) in [6.07, 6.45) is -9.04. The van der Waals surface area contributed by atoms with E-state index in [2.05, 4.69) is 5.10 Å². The minimum absolute atomic E-state index is 0.0185. The summed E-state index contributed by atoms with van der Waals surface area (Å²) in [5, 5.41) is 14.0. The van der Waals surface area contributed by atoms with Crippen LogP contribution in [0.1, 0.15) is 24.0 Å². The second-order valence-electron chi connectivity index (χ2n) is 8.09. The van der Waals surface area contributed by atoms with Gasteiger partial charge in [-0.25, -0.2) is 0 Å². The lowest BCUT2D eigenvalue weighted by molar-refractivity contribution is -0.401. The molecule has 2 aliphatic rings. The van der Waals surface area contributed by atoms with E-state index in [0.717, 1.165) is 0 Å². The van der Waals surface area contributed by atoms with E-state index in [9.17, 15) is 40.6 Å². The van der Waals surface area contributed by atoms with Crippen molar-refractivity contribution >= 4 is 23.2 Å². The Bertz CT molecular complexity index is 1200. The number of carbonyl (C=O) groups is 1. The van der Waals surface area contributed by atoms with Gasteiger partial charge in [0, 0.05) is 17.9 Å². The topological polar surface area (TPSA) is 71.4 Å². The maximum absolute atomic E-state index is 14.8. The number of carbonyl (C=O) groups excluding carboxylic acids is 1. The summed E-state index contributed by atoms with van der Waals surface area (Å²) in [7, 11) is 0. The van der Waals surface area contributed by atoms with Crippen LogP contribution in [0.3, 0.4) is 0 Å². The largest absolute Gasteiger partial charge is 0.460 e. The van der Waals surface area contributed by atoms with Gasteiger partial charge in [0.1, 0.15) is 0 Å². The van der Waals surface area contributed by atoms with Crippen molar-refractivity contribution in [2.45, 2.75) is 43.0 Å². The van der Waals surface area contributed by atoms with E-state index in [4.69, 9.17) is 21.1 Å². The van der Waals surface area contributed by atoms with Crippen molar-refractivity contribution < 1.29 is 50.1 Å². The summed E-state index contributed by atoms with van der Waals surface area (Å²) in [6, 6.07) is 9.54. The maximum Gasteiger partial charge on any atom is 0.460 e. The standard InChI is InChI=1S/C22H16ClF7N2O4/c23-14-5-3-13(4-6-14)15-10-19(34,20(24,25)21(26,27)22(28,29)30)32(31-15)18(33)8-2-12-1-7-16-17(9-12)36-11-35-16/h1,3-7,9,34H,2,8,10-11H2/t19-/m0/s1. The highest BCUT2D eigenvalue weighted by molar-refractivity contribution is 6.30. The number of hydrogen-bond acceptors (Lipinski definition) is 5. The van der Waals surface area contributed by atoms with Crippen molar-refractivity contribution in [1.82, 2.24) is 5.01 Å². The highest BCUT2D eigenvalue weighted by Gasteiger charge is 2.82. The summed E-state index contributed by atoms with van der Waals surface area (Å²) >= 11 is 5.76. The SMILES string of the molecule is O=C(CCc1ccc2c(c1)OCO2)N1N=C(c2ccc(Cl)cc2)C[C@]1(O)C(F)(F)C(F)(F)C(F)(F)F. The number of amides is 1. The lowest BCUT2D eigenvalue weighted by Gasteiger charge is -2.41. The molecule has 0 unspecified atom stereocenters. The van der Waals surface area contributed by atoms with Crippen LogP contribution < -0.4 is 9.47 Å². The first-order valence-electron chi connectivity index (χ1n) is 10.3. The zero-order valence-corrected chi connectivity index (χ0v) is 18.7. The van der Waals surface area contributed by atoms with Gasteiger partial charge < -0.3 is 14.6 Å². The molecule has 1 amide bonds. The first kappa shape index (κ1) is 26.0. The molecule has 4 rings (SSSR count). The Hall–Kier alpha value is -3.06. The van der Waals surface area contributed by atoms with Crippen LogP contribution in [-0.4, -0.2) is 52.3 Å². The monoisotopic (exact) mass is 540 g/mol. The Balaban J connectivity index is 1.66. The van der Waals surface area contributed by atoms with Crippen LogP contribution in [0.15, 0.2) is 47.6 Å². The van der Waals surface area contributed by atoms with Gasteiger partial charge in [-0.05, 0) is 41.8 Å². The molecule has 2 aromatic carbocycles. The fourth-order valence-electron chi connectivity index (χ4n) is 3.74. The van der Waals surface area contributed by atoms with Crippen LogP contribution in [0.25, 0.3) is 0 Å². The maximum atomic E-state index is 14.8. The number of aryl methyl sites for hydroxylation is 1. The fourth-order valence-corrected chi connectivity index (χ4v) is 3.86. The Kier molecular flexibility index (Phi) is 6.36. The van der Waals surface area contributed by atoms with Crippen molar-refractivity contribution in [3.8, 4) is 11.5 Å². The lowest BCUT2D eigenvalue weighted by Crippen LogP contribution is -2.69. The minimum atomic E-state index is -6.73. The van der Waals surface area contributed by atoms with Crippen LogP contribution >= 0.6 is 11.6 Å². The van der Waals surface area contributed by atoms with E-state index in [0.29, 0.717) is 17.1 Å². The minimum Gasteiger partial charge on any atom is -0.454 e. The van der Waals surface area contributed by atoms with E-state index in [1.165, 1.54) is 42.5 Å². The molecule has 0 bridgehead atoms. The van der Waals surface area contributed by atoms with E-state index < -0.39 is 48.2 Å². The van der Waals surface area contributed by atoms with Gasteiger partial charge >= 0.3 is 18.0 Å². The molecular formula is C22H16ClF7N2O4. The molecule has 14 heteroatoms. The molecule has 36 heavy (non-hydrogen) atoms. The van der Waals surface area contributed by atoms with E-state index >= 15 is 0 Å². The molecule has 0 spiro atoms.